The number of unbranched alkanes of at least 4 members (excludes halogenated alkanes) is 1. The molecular formula is C19H26O3S. The second kappa shape index (κ2) is 10.5. The van der Waals surface area contributed by atoms with Crippen LogP contribution in [0.1, 0.15) is 32.1 Å². The van der Waals surface area contributed by atoms with Crippen molar-refractivity contribution in [1.29, 1.82) is 0 Å². The molecule has 0 aromatic heterocycles. The highest BCUT2D eigenvalue weighted by Gasteiger charge is 2.26. The average molecular weight is 334 g/mol. The Kier molecular flexibility index (Phi) is 8.26. The zero-order valence-electron chi connectivity index (χ0n) is 13.5. The van der Waals surface area contributed by atoms with Crippen molar-refractivity contribution >= 4 is 17.7 Å². The number of rotatable bonds is 10. The van der Waals surface area contributed by atoms with Crippen LogP contribution in [0.5, 0.6) is 0 Å². The van der Waals surface area contributed by atoms with E-state index in [0.717, 1.165) is 38.2 Å². The highest BCUT2D eigenvalue weighted by atomic mass is 32.2. The molecular weight excluding hydrogens is 308 g/mol. The van der Waals surface area contributed by atoms with E-state index in [1.165, 1.54) is 11.3 Å². The van der Waals surface area contributed by atoms with Crippen LogP contribution in [0, 0.1) is 11.8 Å². The maximum atomic E-state index is 10.4. The highest BCUT2D eigenvalue weighted by Crippen LogP contribution is 2.30. The molecule has 0 spiro atoms. The lowest BCUT2D eigenvalue weighted by molar-refractivity contribution is -0.137. The van der Waals surface area contributed by atoms with Gasteiger partial charge in [-0.1, -0.05) is 30.4 Å². The predicted octanol–water partition coefficient (Wildman–Crippen LogP) is 4.63. The van der Waals surface area contributed by atoms with Crippen LogP contribution in [0.2, 0.25) is 0 Å². The molecule has 2 rings (SSSR count). The summed E-state index contributed by atoms with van der Waals surface area (Å²) >= 11 is 1.92. The van der Waals surface area contributed by atoms with E-state index < -0.39 is 5.97 Å². The third kappa shape index (κ3) is 7.23. The summed E-state index contributed by atoms with van der Waals surface area (Å²) in [6.45, 7) is 1.74. The van der Waals surface area contributed by atoms with Gasteiger partial charge in [-0.25, -0.2) is 0 Å². The first-order valence-corrected chi connectivity index (χ1v) is 9.36. The van der Waals surface area contributed by atoms with Gasteiger partial charge in [0.05, 0.1) is 6.61 Å². The Balaban J connectivity index is 1.62. The SMILES string of the molecule is O=C(O)CCCC=CC[C@H]1COC[C@H]1CCSc1ccccc1. The molecule has 1 aliphatic heterocycles. The van der Waals surface area contributed by atoms with Crippen LogP contribution in [0.4, 0.5) is 0 Å². The lowest BCUT2D eigenvalue weighted by Gasteiger charge is -2.15. The molecule has 0 unspecified atom stereocenters. The van der Waals surface area contributed by atoms with Gasteiger partial charge < -0.3 is 9.84 Å². The maximum absolute atomic E-state index is 10.4. The fraction of sp³-hybridized carbons (Fsp3) is 0.526. The minimum atomic E-state index is -0.710. The molecule has 1 aliphatic rings. The summed E-state index contributed by atoms with van der Waals surface area (Å²) in [5.41, 5.74) is 0. The van der Waals surface area contributed by atoms with Gasteiger partial charge in [0, 0.05) is 17.9 Å². The molecule has 1 N–H and O–H groups in total. The Morgan fingerprint density at radius 1 is 1.22 bits per heavy atom. The summed E-state index contributed by atoms with van der Waals surface area (Å²) in [5, 5.41) is 8.60. The first-order valence-electron chi connectivity index (χ1n) is 8.38. The van der Waals surface area contributed by atoms with Crippen LogP contribution in [-0.2, 0) is 9.53 Å². The Morgan fingerprint density at radius 3 is 2.78 bits per heavy atom. The summed E-state index contributed by atoms with van der Waals surface area (Å²) in [6, 6.07) is 10.5. The first kappa shape index (κ1) is 18.1. The molecule has 1 heterocycles. The molecule has 2 atom stereocenters. The van der Waals surface area contributed by atoms with Crippen molar-refractivity contribution < 1.29 is 14.6 Å². The van der Waals surface area contributed by atoms with Crippen LogP contribution < -0.4 is 0 Å². The van der Waals surface area contributed by atoms with Crippen molar-refractivity contribution in [3.8, 4) is 0 Å². The second-order valence-corrected chi connectivity index (χ2v) is 7.17. The number of hydrogen-bond donors (Lipinski definition) is 1. The first-order chi connectivity index (χ1) is 11.3. The van der Waals surface area contributed by atoms with Gasteiger partial charge in [-0.05, 0) is 55.4 Å². The van der Waals surface area contributed by atoms with Crippen molar-refractivity contribution in [3.05, 3.63) is 42.5 Å². The maximum Gasteiger partial charge on any atom is 0.303 e. The Morgan fingerprint density at radius 2 is 2.00 bits per heavy atom. The molecule has 23 heavy (non-hydrogen) atoms. The predicted molar refractivity (Wildman–Crippen MR) is 94.8 cm³/mol. The van der Waals surface area contributed by atoms with Gasteiger partial charge in [0.2, 0.25) is 0 Å². The third-order valence-corrected chi connectivity index (χ3v) is 5.24. The molecule has 0 amide bonds. The van der Waals surface area contributed by atoms with Crippen molar-refractivity contribution in [2.24, 2.45) is 11.8 Å². The van der Waals surface area contributed by atoms with E-state index >= 15 is 0 Å². The molecule has 126 valence electrons. The van der Waals surface area contributed by atoms with Gasteiger partial charge in [0.15, 0.2) is 0 Å². The van der Waals surface area contributed by atoms with Crippen LogP contribution in [-0.4, -0.2) is 30.0 Å². The van der Waals surface area contributed by atoms with Crippen molar-refractivity contribution in [1.82, 2.24) is 0 Å². The van der Waals surface area contributed by atoms with Crippen LogP contribution in [0.25, 0.3) is 0 Å². The number of allylic oxidation sites excluding steroid dienone is 2. The number of benzene rings is 1. The summed E-state index contributed by atoms with van der Waals surface area (Å²) in [5.74, 6) is 1.69. The largest absolute Gasteiger partial charge is 0.481 e. The van der Waals surface area contributed by atoms with Gasteiger partial charge >= 0.3 is 5.97 Å². The molecule has 0 aliphatic carbocycles. The molecule has 1 aromatic carbocycles. The van der Waals surface area contributed by atoms with E-state index in [-0.39, 0.29) is 6.42 Å². The quantitative estimate of drug-likeness (QED) is 0.385. The molecule has 1 fully saturated rings. The van der Waals surface area contributed by atoms with Crippen LogP contribution in [0.15, 0.2) is 47.4 Å². The molecule has 3 nitrogen and oxygen atoms in total. The van der Waals surface area contributed by atoms with Gasteiger partial charge in [-0.2, -0.15) is 0 Å². The zero-order valence-corrected chi connectivity index (χ0v) is 14.3. The smallest absolute Gasteiger partial charge is 0.303 e. The number of thioether (sulfide) groups is 1. The molecule has 0 saturated carbocycles. The van der Waals surface area contributed by atoms with Gasteiger partial charge in [-0.3, -0.25) is 4.79 Å². The second-order valence-electron chi connectivity index (χ2n) is 6.00. The lowest BCUT2D eigenvalue weighted by Crippen LogP contribution is -2.12. The van der Waals surface area contributed by atoms with E-state index in [1.54, 1.807) is 0 Å². The topological polar surface area (TPSA) is 46.5 Å². The zero-order chi connectivity index (χ0) is 16.3. The monoisotopic (exact) mass is 334 g/mol. The van der Waals surface area contributed by atoms with Gasteiger partial charge in [0.1, 0.15) is 0 Å². The standard InChI is InChI=1S/C19H26O3S/c20-19(21)11-7-2-1-4-8-16-14-22-15-17(16)12-13-23-18-9-5-3-6-10-18/h1,3-6,9-10,16-17H,2,7-8,11-15H2,(H,20,21)/t16-,17+/m0/s1. The fourth-order valence-corrected chi connectivity index (χ4v) is 3.83. The van der Waals surface area contributed by atoms with E-state index in [0.29, 0.717) is 11.8 Å². The number of aliphatic carboxylic acids is 1. The lowest BCUT2D eigenvalue weighted by atomic mass is 9.90. The van der Waals surface area contributed by atoms with E-state index in [1.807, 2.05) is 17.8 Å². The van der Waals surface area contributed by atoms with Crippen molar-refractivity contribution in [3.63, 3.8) is 0 Å². The number of hydrogen-bond acceptors (Lipinski definition) is 3. The van der Waals surface area contributed by atoms with Crippen LogP contribution in [0.3, 0.4) is 0 Å². The Hall–Kier alpha value is -1.26. The number of carboxylic acid groups (broad SMARTS) is 1. The molecule has 0 bridgehead atoms. The van der Waals surface area contributed by atoms with E-state index in [4.69, 9.17) is 9.84 Å². The molecule has 1 aromatic rings. The van der Waals surface area contributed by atoms with E-state index in [2.05, 4.69) is 36.4 Å². The van der Waals surface area contributed by atoms with Gasteiger partial charge in [-0.15, -0.1) is 11.8 Å². The molecule has 1 saturated heterocycles. The van der Waals surface area contributed by atoms with E-state index in [9.17, 15) is 4.79 Å². The summed E-state index contributed by atoms with van der Waals surface area (Å²) in [7, 11) is 0. The minimum absolute atomic E-state index is 0.260. The normalized spacial score (nSPS) is 21.0. The highest BCUT2D eigenvalue weighted by molar-refractivity contribution is 7.99. The Labute approximate surface area is 143 Å². The van der Waals surface area contributed by atoms with Gasteiger partial charge in [0.25, 0.3) is 0 Å². The average Bonchev–Trinajstić information content (AvgIpc) is 2.99. The van der Waals surface area contributed by atoms with Crippen molar-refractivity contribution in [2.75, 3.05) is 19.0 Å². The third-order valence-electron chi connectivity index (χ3n) is 4.20. The number of carboxylic acids is 1. The summed E-state index contributed by atoms with van der Waals surface area (Å²) in [6.07, 6.45) is 8.41. The molecule has 0 radical (unpaired) electrons. The minimum Gasteiger partial charge on any atom is -0.481 e. The molecule has 4 heteroatoms. The summed E-state index contributed by atoms with van der Waals surface area (Å²) in [4.78, 5) is 11.8. The summed E-state index contributed by atoms with van der Waals surface area (Å²) < 4.78 is 5.66. The van der Waals surface area contributed by atoms with Crippen molar-refractivity contribution in [2.45, 2.75) is 37.0 Å². The van der Waals surface area contributed by atoms with Crippen LogP contribution >= 0.6 is 11.8 Å². The number of ether oxygens (including phenoxy) is 1. The Bertz CT molecular complexity index is 487. The number of carbonyl (C=O) groups is 1. The fourth-order valence-electron chi connectivity index (χ4n) is 2.83.